The summed E-state index contributed by atoms with van der Waals surface area (Å²) in [7, 11) is 0. The van der Waals surface area contributed by atoms with Gasteiger partial charge in [0.25, 0.3) is 23.9 Å². The van der Waals surface area contributed by atoms with Crippen molar-refractivity contribution in [2.45, 2.75) is 16.7 Å². The number of hydrogen-bond acceptors (Lipinski definition) is 7. The van der Waals surface area contributed by atoms with E-state index in [9.17, 15) is 20.2 Å². The number of nitrogens with zero attached hydrogens (tertiary/aromatic N) is 2. The van der Waals surface area contributed by atoms with Gasteiger partial charge in [-0.1, -0.05) is 0 Å². The quantitative estimate of drug-likeness (QED) is 0.447. The molecule has 0 bridgehead atoms. The number of rotatable bonds is 6. The Morgan fingerprint density at radius 3 is 2.41 bits per heavy atom. The Bertz CT molecular complexity index is 440. The van der Waals surface area contributed by atoms with Crippen molar-refractivity contribution in [3.05, 3.63) is 38.4 Å². The normalized spacial score (nSPS) is 9.94. The maximum atomic E-state index is 10.4. The number of ether oxygens (including phenoxy) is 1. The van der Waals surface area contributed by atoms with Crippen LogP contribution in [-0.2, 0) is 0 Å². The second-order valence-corrected chi connectivity index (χ2v) is 4.54. The molecular formula is C8H8N2O5S2. The molecule has 0 unspecified atom stereocenters. The van der Waals surface area contributed by atoms with Gasteiger partial charge in [-0.3, -0.25) is 20.2 Å². The molecule has 9 heteroatoms. The van der Waals surface area contributed by atoms with E-state index in [1.54, 1.807) is 6.92 Å². The first-order valence-corrected chi connectivity index (χ1v) is 5.99. The Balaban J connectivity index is 3.00. The molecule has 0 aromatic heterocycles. The van der Waals surface area contributed by atoms with Crippen LogP contribution in [0.2, 0.25) is 0 Å². The highest BCUT2D eigenvalue weighted by atomic mass is 32.2. The summed E-state index contributed by atoms with van der Waals surface area (Å²) >= 11 is 0.765. The van der Waals surface area contributed by atoms with E-state index in [1.165, 1.54) is 18.2 Å². The van der Waals surface area contributed by atoms with Crippen LogP contribution in [0.4, 0.5) is 0 Å². The van der Waals surface area contributed by atoms with Crippen LogP contribution in [0.3, 0.4) is 0 Å². The van der Waals surface area contributed by atoms with Gasteiger partial charge in [0.05, 0.1) is 11.5 Å². The van der Waals surface area contributed by atoms with Crippen molar-refractivity contribution < 1.29 is 13.4 Å². The molecule has 17 heavy (non-hydrogen) atoms. The molecule has 0 heterocycles. The van der Waals surface area contributed by atoms with Crippen LogP contribution < -0.4 is 4.74 Å². The second kappa shape index (κ2) is 6.30. The maximum absolute atomic E-state index is 10.4. The van der Waals surface area contributed by atoms with Crippen LogP contribution in [0.15, 0.2) is 28.0 Å². The fourth-order valence-corrected chi connectivity index (χ4v) is 2.16. The predicted molar refractivity (Wildman–Crippen MR) is 63.3 cm³/mol. The van der Waals surface area contributed by atoms with Gasteiger partial charge in [0.2, 0.25) is 0 Å². The smallest absolute Gasteiger partial charge is 0.269 e. The van der Waals surface area contributed by atoms with Crippen molar-refractivity contribution in [1.82, 2.24) is 0 Å². The van der Waals surface area contributed by atoms with E-state index in [4.69, 9.17) is 4.74 Å². The minimum atomic E-state index is -0.585. The molecule has 0 aliphatic carbocycles. The molecule has 0 saturated carbocycles. The molecule has 1 rings (SSSR count). The van der Waals surface area contributed by atoms with E-state index in [0.29, 0.717) is 41.1 Å². The largest absolute Gasteiger partial charge is 0.492 e. The van der Waals surface area contributed by atoms with Gasteiger partial charge in [0, 0.05) is 0 Å². The molecule has 0 spiro atoms. The van der Waals surface area contributed by atoms with Crippen molar-refractivity contribution in [3.63, 3.8) is 0 Å². The standard InChI is InChI=1S/C8H8N2O5S2/c1-2-15-7-4-3-6(16-9(11)12)5-8(7)17-10(13)14/h3-5H,2H2,1H3. The highest BCUT2D eigenvalue weighted by molar-refractivity contribution is 7.94. The summed E-state index contributed by atoms with van der Waals surface area (Å²) in [5.74, 6) is 0.349. The third kappa shape index (κ3) is 4.49. The van der Waals surface area contributed by atoms with Gasteiger partial charge in [-0.15, -0.1) is 0 Å². The Kier molecular flexibility index (Phi) is 5.04. The fourth-order valence-electron chi connectivity index (χ4n) is 1.06. The molecule has 1 aromatic rings. The molecule has 0 N–H and O–H groups in total. The monoisotopic (exact) mass is 276 g/mol. The molecular weight excluding hydrogens is 268 g/mol. The molecule has 0 fully saturated rings. The van der Waals surface area contributed by atoms with E-state index in [1.807, 2.05) is 0 Å². The molecule has 7 nitrogen and oxygen atoms in total. The van der Waals surface area contributed by atoms with Crippen molar-refractivity contribution >= 4 is 23.9 Å². The lowest BCUT2D eigenvalue weighted by atomic mass is 10.3. The van der Waals surface area contributed by atoms with Crippen molar-refractivity contribution in [2.24, 2.45) is 0 Å². The van der Waals surface area contributed by atoms with E-state index < -0.39 is 8.66 Å². The van der Waals surface area contributed by atoms with Crippen LogP contribution in [0.5, 0.6) is 5.75 Å². The SMILES string of the molecule is CCOc1ccc(S[N+](=O)[O-])cc1S[N+](=O)[O-]. The predicted octanol–water partition coefficient (Wildman–Crippen LogP) is 2.65. The third-order valence-corrected chi connectivity index (χ3v) is 2.85. The molecule has 1 aromatic carbocycles. The number of hydrogen-bond donors (Lipinski definition) is 0. The molecule has 0 aliphatic heterocycles. The lowest BCUT2D eigenvalue weighted by molar-refractivity contribution is -0.284. The number of nitro groups is 2. The van der Waals surface area contributed by atoms with Gasteiger partial charge < -0.3 is 4.74 Å². The summed E-state index contributed by atoms with van der Waals surface area (Å²) in [5.41, 5.74) is 0. The first-order valence-electron chi connectivity index (χ1n) is 4.44. The van der Waals surface area contributed by atoms with E-state index in [-0.39, 0.29) is 4.90 Å². The van der Waals surface area contributed by atoms with Gasteiger partial charge in [-0.2, -0.15) is 0 Å². The lowest BCUT2D eigenvalue weighted by Crippen LogP contribution is -1.95. The van der Waals surface area contributed by atoms with E-state index >= 15 is 0 Å². The van der Waals surface area contributed by atoms with E-state index in [2.05, 4.69) is 0 Å². The minimum absolute atomic E-state index is 0.253. The molecule has 0 atom stereocenters. The maximum Gasteiger partial charge on any atom is 0.269 e. The van der Waals surface area contributed by atoms with Crippen molar-refractivity contribution in [2.75, 3.05) is 6.61 Å². The second-order valence-electron chi connectivity index (χ2n) is 2.67. The average Bonchev–Trinajstić information content (AvgIpc) is 2.20. The zero-order chi connectivity index (χ0) is 12.8. The zero-order valence-corrected chi connectivity index (χ0v) is 10.3. The third-order valence-electron chi connectivity index (χ3n) is 1.57. The topological polar surface area (TPSA) is 95.5 Å². The molecule has 92 valence electrons. The summed E-state index contributed by atoms with van der Waals surface area (Å²) in [6, 6.07) is 4.34. The van der Waals surface area contributed by atoms with Gasteiger partial charge in [-0.05, 0) is 25.1 Å². The Labute approximate surface area is 105 Å². The zero-order valence-electron chi connectivity index (χ0n) is 8.69. The molecule has 0 saturated heterocycles. The fraction of sp³-hybridized carbons (Fsp3) is 0.250. The highest BCUT2D eigenvalue weighted by Gasteiger charge is 2.16. The van der Waals surface area contributed by atoms with Crippen LogP contribution in [0.1, 0.15) is 6.92 Å². The van der Waals surface area contributed by atoms with Crippen LogP contribution in [0, 0.1) is 20.2 Å². The Morgan fingerprint density at radius 1 is 1.24 bits per heavy atom. The summed E-state index contributed by atoms with van der Waals surface area (Å²) < 4.78 is 4.04. The van der Waals surface area contributed by atoms with Gasteiger partial charge in [0.15, 0.2) is 0 Å². The van der Waals surface area contributed by atoms with Crippen LogP contribution in [0.25, 0.3) is 0 Å². The first kappa shape index (κ1) is 13.6. The summed E-state index contributed by atoms with van der Waals surface area (Å²) in [6.45, 7) is 2.12. The number of benzene rings is 1. The highest BCUT2D eigenvalue weighted by Crippen LogP contribution is 2.33. The summed E-state index contributed by atoms with van der Waals surface area (Å²) in [5, 5.41) is 20.7. The molecule has 0 aliphatic rings. The minimum Gasteiger partial charge on any atom is -0.492 e. The average molecular weight is 276 g/mol. The summed E-state index contributed by atoms with van der Waals surface area (Å²) in [4.78, 5) is 21.3. The Hall–Kier alpha value is -1.48. The van der Waals surface area contributed by atoms with Crippen LogP contribution >= 0.6 is 23.9 Å². The van der Waals surface area contributed by atoms with Crippen molar-refractivity contribution in [3.8, 4) is 5.75 Å². The lowest BCUT2D eigenvalue weighted by Gasteiger charge is -2.05. The Morgan fingerprint density at radius 2 is 1.88 bits per heavy atom. The first-order chi connectivity index (χ1) is 8.02. The van der Waals surface area contributed by atoms with Crippen LogP contribution in [-0.4, -0.2) is 15.3 Å². The molecule has 0 radical (unpaired) electrons. The van der Waals surface area contributed by atoms with Gasteiger partial charge in [0.1, 0.15) is 19.3 Å². The van der Waals surface area contributed by atoms with Gasteiger partial charge >= 0.3 is 0 Å². The van der Waals surface area contributed by atoms with Crippen molar-refractivity contribution in [1.29, 1.82) is 0 Å². The van der Waals surface area contributed by atoms with E-state index in [0.717, 1.165) is 0 Å². The summed E-state index contributed by atoms with van der Waals surface area (Å²) in [6.07, 6.45) is 0. The van der Waals surface area contributed by atoms with Gasteiger partial charge in [-0.25, -0.2) is 0 Å². The molecule has 0 amide bonds.